The summed E-state index contributed by atoms with van der Waals surface area (Å²) in [4.78, 5) is 2.38. The third kappa shape index (κ3) is 28.8. The first-order valence-corrected chi connectivity index (χ1v) is 8.70. The second-order valence-electron chi connectivity index (χ2n) is 5.47. The van der Waals surface area contributed by atoms with Crippen LogP contribution in [0.25, 0.3) is 0 Å². The van der Waals surface area contributed by atoms with Gasteiger partial charge in [0.05, 0.1) is 0 Å². The normalized spacial score (nSPS) is 15.7. The van der Waals surface area contributed by atoms with Crippen molar-refractivity contribution in [3.05, 3.63) is 20.3 Å². The largest absolute Gasteiger partial charge is 4.00 e. The molecule has 2 aliphatic rings. The van der Waals surface area contributed by atoms with Crippen molar-refractivity contribution in [1.82, 2.24) is 4.90 Å². The van der Waals surface area contributed by atoms with Crippen molar-refractivity contribution in [1.29, 1.82) is 0 Å². The summed E-state index contributed by atoms with van der Waals surface area (Å²) in [6, 6.07) is 0. The van der Waals surface area contributed by atoms with E-state index in [2.05, 4.69) is 38.5 Å². The number of hydrogen-bond donors (Lipinski definition) is 0. The molecule has 0 aromatic rings. The Kier molecular flexibility index (Phi) is 49.1. The van der Waals surface area contributed by atoms with Crippen molar-refractivity contribution in [2.45, 2.75) is 85.0 Å². The molecule has 2 aliphatic carbocycles. The van der Waals surface area contributed by atoms with Gasteiger partial charge in [-0.05, 0) is 19.6 Å². The van der Waals surface area contributed by atoms with E-state index >= 15 is 0 Å². The Labute approximate surface area is 188 Å². The van der Waals surface area contributed by atoms with E-state index in [9.17, 15) is 0 Å². The molecule has 0 N–H and O–H groups in total. The summed E-state index contributed by atoms with van der Waals surface area (Å²) in [5, 5.41) is 0. The fraction of sp³-hybridized carbons (Fsp3) is 0.842. The van der Waals surface area contributed by atoms with E-state index in [0.717, 1.165) is 0 Å². The van der Waals surface area contributed by atoms with E-state index in [1.54, 1.807) is 0 Å². The van der Waals surface area contributed by atoms with Crippen LogP contribution in [0, 0.1) is 20.3 Å². The standard InChI is InChI=1S/C6H15N.2C6H11.CH3.ClH.HI.Sn/c1-4-7(5-2)6-3;2*1-2-4-6-5-3-1;;;;/h4-6H2,1-3H3;2*1H,2-6H2;1H3;2*1H;/q;3*-1;;;+4/p-2. The molecule has 0 radical (unpaired) electrons. The first kappa shape index (κ1) is 35.8. The van der Waals surface area contributed by atoms with E-state index in [-0.39, 0.29) is 67.7 Å². The molecule has 2 rings (SSSR count). The minimum absolute atomic E-state index is 0. The van der Waals surface area contributed by atoms with Gasteiger partial charge < -0.3 is 61.6 Å². The predicted molar refractivity (Wildman–Crippen MR) is 100 cm³/mol. The molecule has 0 aliphatic heterocycles. The predicted octanol–water partition coefficient (Wildman–Crippen LogP) is -0.265. The van der Waals surface area contributed by atoms with Gasteiger partial charge in [0.25, 0.3) is 0 Å². The Hall–Kier alpha value is 1.78. The first-order valence-electron chi connectivity index (χ1n) is 8.70. The quantitative estimate of drug-likeness (QED) is 0.260. The molecular formula is C19H40ClINSn-. The van der Waals surface area contributed by atoms with Gasteiger partial charge in [-0.3, -0.25) is 0 Å². The summed E-state index contributed by atoms with van der Waals surface area (Å²) in [6.45, 7) is 10.1. The molecule has 2 saturated carbocycles. The Bertz CT molecular complexity index is 121. The minimum Gasteiger partial charge on any atom is -1.00 e. The van der Waals surface area contributed by atoms with Gasteiger partial charge in [-0.1, -0.05) is 59.3 Å². The van der Waals surface area contributed by atoms with Crippen molar-refractivity contribution in [3.8, 4) is 0 Å². The van der Waals surface area contributed by atoms with Crippen LogP contribution in [0.4, 0.5) is 0 Å². The minimum atomic E-state index is 0. The second kappa shape index (κ2) is 31.5. The van der Waals surface area contributed by atoms with Gasteiger partial charge in [0, 0.05) is 0 Å². The molecule has 0 unspecified atom stereocenters. The van der Waals surface area contributed by atoms with Crippen LogP contribution < -0.4 is 36.4 Å². The SMILES string of the molecule is CCN(CC)CC.[CH-]1CCCCC1.[CH-]1CCCCC1.[CH3-].[Cl-].[I-].[Sn+4]. The van der Waals surface area contributed by atoms with Gasteiger partial charge in [-0.15, -0.1) is 0 Å². The van der Waals surface area contributed by atoms with Gasteiger partial charge in [0.15, 0.2) is 0 Å². The monoisotopic (exact) mass is 564 g/mol. The molecule has 23 heavy (non-hydrogen) atoms. The molecule has 1 nitrogen and oxygen atoms in total. The molecule has 0 bridgehead atoms. The van der Waals surface area contributed by atoms with Crippen LogP contribution in [0.3, 0.4) is 0 Å². The van der Waals surface area contributed by atoms with E-state index < -0.39 is 0 Å². The third-order valence-corrected chi connectivity index (χ3v) is 3.97. The summed E-state index contributed by atoms with van der Waals surface area (Å²) in [6.07, 6.45) is 19.0. The maximum Gasteiger partial charge on any atom is 4.00 e. The van der Waals surface area contributed by atoms with Crippen LogP contribution in [0.5, 0.6) is 0 Å². The molecule has 0 amide bonds. The summed E-state index contributed by atoms with van der Waals surface area (Å²) in [7, 11) is 0. The number of nitrogens with zero attached hydrogens (tertiary/aromatic N) is 1. The summed E-state index contributed by atoms with van der Waals surface area (Å²) in [5.41, 5.74) is 0. The van der Waals surface area contributed by atoms with E-state index in [1.165, 1.54) is 83.8 Å². The van der Waals surface area contributed by atoms with Crippen molar-refractivity contribution in [2.24, 2.45) is 0 Å². The topological polar surface area (TPSA) is 3.24 Å². The molecule has 0 heterocycles. The molecule has 0 saturated heterocycles. The molecule has 0 aromatic carbocycles. The maximum atomic E-state index is 2.39. The average Bonchev–Trinajstić information content (AvgIpc) is 2.54. The van der Waals surface area contributed by atoms with Gasteiger partial charge in [-0.2, -0.15) is 25.7 Å². The number of hydrogen-bond acceptors (Lipinski definition) is 1. The maximum absolute atomic E-state index is 2.39. The van der Waals surface area contributed by atoms with E-state index in [1.807, 2.05) is 0 Å². The Morgan fingerprint density at radius 1 is 0.652 bits per heavy atom. The Morgan fingerprint density at radius 3 is 0.957 bits per heavy atom. The Balaban J connectivity index is -0.0000000649. The van der Waals surface area contributed by atoms with Crippen LogP contribution >= 0.6 is 0 Å². The van der Waals surface area contributed by atoms with Crippen LogP contribution in [0.2, 0.25) is 0 Å². The molecule has 0 spiro atoms. The number of rotatable bonds is 3. The zero-order chi connectivity index (χ0) is 14.2. The zero-order valence-electron chi connectivity index (χ0n) is 16.1. The first-order chi connectivity index (χ1) is 9.35. The zero-order valence-corrected chi connectivity index (χ0v) is 21.8. The second-order valence-corrected chi connectivity index (χ2v) is 5.47. The van der Waals surface area contributed by atoms with E-state index in [4.69, 9.17) is 0 Å². The van der Waals surface area contributed by atoms with Crippen molar-refractivity contribution < 1.29 is 36.4 Å². The molecular weight excluding hydrogens is 523 g/mol. The van der Waals surface area contributed by atoms with Crippen LogP contribution in [-0.2, 0) is 0 Å². The fourth-order valence-electron chi connectivity index (χ4n) is 2.47. The molecule has 4 heteroatoms. The summed E-state index contributed by atoms with van der Waals surface area (Å²) >= 11 is 0. The fourth-order valence-corrected chi connectivity index (χ4v) is 2.47. The van der Waals surface area contributed by atoms with Gasteiger partial charge in [0.2, 0.25) is 0 Å². The Morgan fingerprint density at radius 2 is 0.913 bits per heavy atom. The van der Waals surface area contributed by atoms with Gasteiger partial charge in [-0.25, -0.2) is 0 Å². The van der Waals surface area contributed by atoms with Gasteiger partial charge in [0.1, 0.15) is 0 Å². The van der Waals surface area contributed by atoms with Crippen molar-refractivity contribution in [3.63, 3.8) is 0 Å². The number of halogens is 2. The van der Waals surface area contributed by atoms with E-state index in [0.29, 0.717) is 0 Å². The van der Waals surface area contributed by atoms with Crippen LogP contribution in [0.15, 0.2) is 0 Å². The van der Waals surface area contributed by atoms with Gasteiger partial charge >= 0.3 is 23.9 Å². The average molecular weight is 564 g/mol. The van der Waals surface area contributed by atoms with Crippen LogP contribution in [0.1, 0.15) is 85.0 Å². The molecule has 0 atom stereocenters. The third-order valence-electron chi connectivity index (χ3n) is 3.97. The molecule has 2 fully saturated rings. The van der Waals surface area contributed by atoms with Crippen LogP contribution in [-0.4, -0.2) is 48.4 Å². The summed E-state index contributed by atoms with van der Waals surface area (Å²) in [5.74, 6) is 0. The summed E-state index contributed by atoms with van der Waals surface area (Å²) < 4.78 is 0. The smallest absolute Gasteiger partial charge is 1.00 e. The van der Waals surface area contributed by atoms with Crippen molar-refractivity contribution in [2.75, 3.05) is 19.6 Å². The van der Waals surface area contributed by atoms with Crippen molar-refractivity contribution >= 4 is 23.9 Å². The molecule has 0 aromatic heterocycles. The molecule has 140 valence electrons.